The molecule has 4 atom stereocenters. The molecule has 1 aromatic carbocycles. The summed E-state index contributed by atoms with van der Waals surface area (Å²) >= 11 is 0. The summed E-state index contributed by atoms with van der Waals surface area (Å²) in [6.07, 6.45) is 0.814. The molecule has 5 rings (SSSR count). The fourth-order valence-electron chi connectivity index (χ4n) is 5.83. The van der Waals surface area contributed by atoms with Crippen LogP contribution in [0.1, 0.15) is 43.1 Å². The first kappa shape index (κ1) is 25.1. The molecule has 4 heterocycles. The Balaban J connectivity index is 1.47. The summed E-state index contributed by atoms with van der Waals surface area (Å²) < 4.78 is 5.88. The molecule has 1 saturated heterocycles. The van der Waals surface area contributed by atoms with Crippen molar-refractivity contribution in [3.63, 3.8) is 0 Å². The van der Waals surface area contributed by atoms with Gasteiger partial charge in [-0.3, -0.25) is 9.59 Å². The highest BCUT2D eigenvalue weighted by Crippen LogP contribution is 2.45. The van der Waals surface area contributed by atoms with Crippen LogP contribution in [0.25, 0.3) is 0 Å². The summed E-state index contributed by atoms with van der Waals surface area (Å²) in [4.78, 5) is 37.2. The van der Waals surface area contributed by atoms with Gasteiger partial charge < -0.3 is 46.9 Å². The minimum absolute atomic E-state index is 0.0157. The number of likely N-dealkylation sites (N-methyl/N-ethyl adjacent to an activating group) is 1. The van der Waals surface area contributed by atoms with Gasteiger partial charge in [-0.1, -0.05) is 26.0 Å². The van der Waals surface area contributed by atoms with Crippen molar-refractivity contribution in [2.45, 2.75) is 62.2 Å². The van der Waals surface area contributed by atoms with E-state index in [2.05, 4.69) is 34.5 Å². The Hall–Kier alpha value is -3.58. The van der Waals surface area contributed by atoms with E-state index in [0.29, 0.717) is 17.9 Å². The molecule has 0 aromatic heterocycles. The Morgan fingerprint density at radius 2 is 2.03 bits per heavy atom. The van der Waals surface area contributed by atoms with Crippen molar-refractivity contribution in [3.05, 3.63) is 29.3 Å². The second-order valence-electron chi connectivity index (χ2n) is 10.8. The van der Waals surface area contributed by atoms with Gasteiger partial charge >= 0.3 is 0 Å². The number of nitrogens with one attached hydrogen (secondary N) is 2. The predicted octanol–water partition coefficient (Wildman–Crippen LogP) is -2.00. The Morgan fingerprint density at radius 3 is 2.73 bits per heavy atom. The maximum Gasteiger partial charge on any atom is 0.255 e. The minimum Gasteiger partial charge on any atom is -0.492 e. The molecule has 0 radical (unpaired) electrons. The van der Waals surface area contributed by atoms with Crippen LogP contribution in [0, 0.1) is 0 Å². The molecule has 0 saturated carbocycles. The summed E-state index contributed by atoms with van der Waals surface area (Å²) in [7, 11) is 1.61. The molecule has 8 N–H and O–H groups in total. The average molecular weight is 515 g/mol. The SMILES string of the molecule is CC(=O)N(C)C[C@@H]1N=C(N)N2CC(NC(=O)c3cccc4c3OCCC4(C)C)C(O)(O)[C@@]23NC(N)=N[C@@H]13. The number of aliphatic imine (C=N–C) groups is 2. The van der Waals surface area contributed by atoms with E-state index >= 15 is 0 Å². The highest BCUT2D eigenvalue weighted by molar-refractivity contribution is 5.98. The average Bonchev–Trinajstić information content (AvgIpc) is 3.28. The van der Waals surface area contributed by atoms with Crippen molar-refractivity contribution in [1.82, 2.24) is 20.4 Å². The van der Waals surface area contributed by atoms with Gasteiger partial charge in [-0.05, 0) is 17.9 Å². The maximum atomic E-state index is 13.5. The van der Waals surface area contributed by atoms with E-state index < -0.39 is 35.5 Å². The lowest BCUT2D eigenvalue weighted by Gasteiger charge is -2.49. The monoisotopic (exact) mass is 514 g/mol. The Bertz CT molecular complexity index is 1210. The standard InChI is InChI=1S/C24H34N8O5/c1-12(33)31(4)10-15-18-23(30-20(25)29-18)24(35,36)16(11-32(23)21(26)27-15)28-19(34)13-6-5-7-14-17(13)37-9-8-22(14,2)3/h5-7,15-16,18,35-36H,8-11H2,1-4H3,(H2,26,27)(H,28,34)(H3,25,29,30)/t15-,16?,18-,23-/m0/s1. The molecular formula is C24H34N8O5. The third-order valence-electron chi connectivity index (χ3n) is 8.07. The lowest BCUT2D eigenvalue weighted by molar-refractivity contribution is -0.230. The molecule has 0 bridgehead atoms. The first-order chi connectivity index (χ1) is 17.3. The van der Waals surface area contributed by atoms with Gasteiger partial charge in [0.2, 0.25) is 11.7 Å². The number of benzene rings is 1. The summed E-state index contributed by atoms with van der Waals surface area (Å²) in [5.41, 5.74) is 11.7. The molecule has 4 aliphatic rings. The van der Waals surface area contributed by atoms with Crippen LogP contribution < -0.4 is 26.8 Å². The van der Waals surface area contributed by atoms with Crippen LogP contribution in [0.3, 0.4) is 0 Å². The summed E-state index contributed by atoms with van der Waals surface area (Å²) in [5, 5.41) is 28.9. The third kappa shape index (κ3) is 3.59. The van der Waals surface area contributed by atoms with Gasteiger partial charge in [-0.15, -0.1) is 0 Å². The highest BCUT2D eigenvalue weighted by atomic mass is 16.5. The molecular weight excluding hydrogens is 480 g/mol. The van der Waals surface area contributed by atoms with Gasteiger partial charge in [0.25, 0.3) is 5.91 Å². The van der Waals surface area contributed by atoms with Crippen LogP contribution in [-0.4, -0.2) is 100 Å². The predicted molar refractivity (Wildman–Crippen MR) is 135 cm³/mol. The second kappa shape index (κ2) is 8.21. The van der Waals surface area contributed by atoms with E-state index in [1.165, 1.54) is 16.7 Å². The number of para-hydroxylation sites is 1. The maximum absolute atomic E-state index is 13.5. The van der Waals surface area contributed by atoms with Crippen LogP contribution in [0.2, 0.25) is 0 Å². The van der Waals surface area contributed by atoms with Gasteiger partial charge in [0.05, 0.1) is 18.2 Å². The normalized spacial score (nSPS) is 30.5. The molecule has 1 spiro atoms. The van der Waals surface area contributed by atoms with Crippen molar-refractivity contribution in [2.24, 2.45) is 21.5 Å². The van der Waals surface area contributed by atoms with Crippen molar-refractivity contribution in [2.75, 3.05) is 26.7 Å². The fourth-order valence-corrected chi connectivity index (χ4v) is 5.83. The van der Waals surface area contributed by atoms with Crippen molar-refractivity contribution in [3.8, 4) is 5.75 Å². The number of rotatable bonds is 4. The fraction of sp³-hybridized carbons (Fsp3) is 0.583. The molecule has 0 aliphatic carbocycles. The molecule has 2 amide bonds. The zero-order valence-corrected chi connectivity index (χ0v) is 21.4. The number of carbonyl (C=O) groups is 2. The Labute approximate surface area is 214 Å². The van der Waals surface area contributed by atoms with Gasteiger partial charge in [0, 0.05) is 32.6 Å². The molecule has 13 nitrogen and oxygen atoms in total. The van der Waals surface area contributed by atoms with Crippen molar-refractivity contribution >= 4 is 23.7 Å². The first-order valence-electron chi connectivity index (χ1n) is 12.3. The van der Waals surface area contributed by atoms with Crippen LogP contribution in [0.5, 0.6) is 5.75 Å². The Kier molecular flexibility index (Phi) is 5.57. The summed E-state index contributed by atoms with van der Waals surface area (Å²) in [6.45, 7) is 6.13. The Morgan fingerprint density at radius 1 is 1.30 bits per heavy atom. The van der Waals surface area contributed by atoms with Gasteiger partial charge in [0.1, 0.15) is 17.8 Å². The molecule has 1 aromatic rings. The first-order valence-corrected chi connectivity index (χ1v) is 12.3. The number of aliphatic hydroxyl groups is 2. The summed E-state index contributed by atoms with van der Waals surface area (Å²) in [6, 6.07) is 2.58. The lowest BCUT2D eigenvalue weighted by Crippen LogP contribution is -2.78. The molecule has 13 heteroatoms. The number of ether oxygens (including phenoxy) is 1. The topological polar surface area (TPSA) is 191 Å². The molecule has 1 fully saturated rings. The molecule has 200 valence electrons. The van der Waals surface area contributed by atoms with Gasteiger partial charge in [-0.25, -0.2) is 9.98 Å². The number of hydrogen-bond acceptors (Lipinski definition) is 11. The van der Waals surface area contributed by atoms with Gasteiger partial charge in [0.15, 0.2) is 17.6 Å². The van der Waals surface area contributed by atoms with E-state index in [9.17, 15) is 19.8 Å². The molecule has 1 unspecified atom stereocenters. The van der Waals surface area contributed by atoms with Gasteiger partial charge in [-0.2, -0.15) is 0 Å². The van der Waals surface area contributed by atoms with Crippen molar-refractivity contribution in [1.29, 1.82) is 0 Å². The quantitative estimate of drug-likeness (QED) is 0.247. The molecule has 37 heavy (non-hydrogen) atoms. The zero-order chi connectivity index (χ0) is 26.9. The largest absolute Gasteiger partial charge is 0.492 e. The van der Waals surface area contributed by atoms with Crippen LogP contribution in [0.15, 0.2) is 28.2 Å². The highest BCUT2D eigenvalue weighted by Gasteiger charge is 2.73. The zero-order valence-electron chi connectivity index (χ0n) is 21.4. The second-order valence-corrected chi connectivity index (χ2v) is 10.8. The van der Waals surface area contributed by atoms with Crippen molar-refractivity contribution < 1.29 is 24.5 Å². The number of carbonyl (C=O) groups excluding carboxylic acids is 2. The van der Waals surface area contributed by atoms with Crippen LogP contribution in [-0.2, 0) is 10.2 Å². The molecule has 4 aliphatic heterocycles. The smallest absolute Gasteiger partial charge is 0.255 e. The van der Waals surface area contributed by atoms with E-state index in [1.54, 1.807) is 19.2 Å². The number of fused-ring (bicyclic) bond motifs is 1. The number of guanidine groups is 2. The summed E-state index contributed by atoms with van der Waals surface area (Å²) in [5.74, 6) is -2.80. The number of nitrogens with two attached hydrogens (primary N) is 2. The third-order valence-corrected chi connectivity index (χ3v) is 8.07. The van der Waals surface area contributed by atoms with E-state index in [1.807, 2.05) is 6.07 Å². The number of nitrogens with zero attached hydrogens (tertiary/aromatic N) is 4. The van der Waals surface area contributed by atoms with E-state index in [4.69, 9.17) is 16.2 Å². The van der Waals surface area contributed by atoms with Crippen LogP contribution >= 0.6 is 0 Å². The van der Waals surface area contributed by atoms with Crippen LogP contribution in [0.4, 0.5) is 0 Å². The number of hydrogen-bond donors (Lipinski definition) is 6. The lowest BCUT2D eigenvalue weighted by atomic mass is 9.79. The van der Waals surface area contributed by atoms with E-state index in [-0.39, 0.29) is 36.3 Å². The number of amides is 2. The minimum atomic E-state index is -2.57. The van der Waals surface area contributed by atoms with E-state index in [0.717, 1.165) is 12.0 Å².